The first-order valence-corrected chi connectivity index (χ1v) is 9.45. The molecular formula is C21H15F4N5O. The van der Waals surface area contributed by atoms with Crippen molar-refractivity contribution in [2.75, 3.05) is 6.54 Å². The van der Waals surface area contributed by atoms with Crippen LogP contribution in [0.2, 0.25) is 0 Å². The molecule has 1 amide bonds. The van der Waals surface area contributed by atoms with Gasteiger partial charge in [0, 0.05) is 36.3 Å². The fourth-order valence-corrected chi connectivity index (χ4v) is 4.07. The molecule has 4 aromatic rings. The fraction of sp³-hybridized carbons (Fsp3) is 0.190. The number of aromatic nitrogens is 4. The minimum absolute atomic E-state index is 0.170. The van der Waals surface area contributed by atoms with Crippen molar-refractivity contribution < 1.29 is 22.4 Å². The van der Waals surface area contributed by atoms with E-state index in [4.69, 9.17) is 0 Å². The zero-order chi connectivity index (χ0) is 21.9. The maximum Gasteiger partial charge on any atom is 0.256 e. The molecule has 3 aromatic heterocycles. The smallest absolute Gasteiger partial charge is 0.256 e. The van der Waals surface area contributed by atoms with Gasteiger partial charge in [0.1, 0.15) is 11.5 Å². The molecule has 0 radical (unpaired) electrons. The van der Waals surface area contributed by atoms with E-state index in [9.17, 15) is 22.4 Å². The van der Waals surface area contributed by atoms with Crippen LogP contribution in [0, 0.1) is 23.3 Å². The molecule has 0 bridgehead atoms. The third-order valence-electron chi connectivity index (χ3n) is 5.47. The van der Waals surface area contributed by atoms with Crippen molar-refractivity contribution in [3.8, 4) is 11.3 Å². The molecule has 0 fully saturated rings. The standard InChI is InChI=1S/C21H15F4N5O/c1-29-19(10-4-15(23)18(25)16(24)5-10)12-2-3-30(9-17(12)28-29)21(31)14-8-27-20-13(14)6-11(22)7-26-20/h4-8H,2-3,9H2,1H3,(H,26,27). The van der Waals surface area contributed by atoms with Crippen LogP contribution >= 0.6 is 0 Å². The highest BCUT2D eigenvalue weighted by atomic mass is 19.2. The number of rotatable bonds is 2. The molecule has 0 saturated carbocycles. The van der Waals surface area contributed by atoms with Crippen molar-refractivity contribution in [3.05, 3.63) is 70.7 Å². The fourth-order valence-electron chi connectivity index (χ4n) is 4.07. The topological polar surface area (TPSA) is 66.8 Å². The van der Waals surface area contributed by atoms with Gasteiger partial charge in [-0.3, -0.25) is 9.48 Å². The number of H-pyrrole nitrogens is 1. The highest BCUT2D eigenvalue weighted by molar-refractivity contribution is 6.06. The van der Waals surface area contributed by atoms with Crippen molar-refractivity contribution in [2.24, 2.45) is 7.05 Å². The second-order valence-corrected chi connectivity index (χ2v) is 7.38. The number of halogens is 4. The number of fused-ring (bicyclic) bond motifs is 2. The van der Waals surface area contributed by atoms with Crippen LogP contribution in [0.15, 0.2) is 30.6 Å². The molecule has 5 rings (SSSR count). The number of carbonyl (C=O) groups excluding carboxylic acids is 1. The minimum Gasteiger partial charge on any atom is -0.345 e. The van der Waals surface area contributed by atoms with Crippen molar-refractivity contribution in [1.82, 2.24) is 24.6 Å². The van der Waals surface area contributed by atoms with E-state index in [1.54, 1.807) is 11.9 Å². The summed E-state index contributed by atoms with van der Waals surface area (Å²) >= 11 is 0. The summed E-state index contributed by atoms with van der Waals surface area (Å²) in [5, 5.41) is 4.79. The lowest BCUT2D eigenvalue weighted by atomic mass is 9.99. The SMILES string of the molecule is Cn1nc2c(c1-c1cc(F)c(F)c(F)c1)CCN(C(=O)c1c[nH]c3ncc(F)cc13)C2. The van der Waals surface area contributed by atoms with Crippen LogP contribution in [-0.2, 0) is 20.0 Å². The van der Waals surface area contributed by atoms with Crippen molar-refractivity contribution in [2.45, 2.75) is 13.0 Å². The number of amides is 1. The summed E-state index contributed by atoms with van der Waals surface area (Å²) in [5.74, 6) is -4.94. The van der Waals surface area contributed by atoms with E-state index < -0.39 is 23.3 Å². The number of aromatic amines is 1. The summed E-state index contributed by atoms with van der Waals surface area (Å²) in [7, 11) is 1.62. The van der Waals surface area contributed by atoms with Crippen LogP contribution in [0.25, 0.3) is 22.3 Å². The number of hydrogen-bond donors (Lipinski definition) is 1. The first-order valence-electron chi connectivity index (χ1n) is 9.45. The quantitative estimate of drug-likeness (QED) is 0.390. The Kier molecular flexibility index (Phi) is 4.31. The molecule has 0 unspecified atom stereocenters. The Morgan fingerprint density at radius 1 is 1.13 bits per heavy atom. The van der Waals surface area contributed by atoms with Gasteiger partial charge < -0.3 is 9.88 Å². The number of nitrogens with zero attached hydrogens (tertiary/aromatic N) is 4. The van der Waals surface area contributed by atoms with Gasteiger partial charge in [-0.2, -0.15) is 5.10 Å². The number of hydrogen-bond acceptors (Lipinski definition) is 3. The monoisotopic (exact) mass is 429 g/mol. The average molecular weight is 429 g/mol. The van der Waals surface area contributed by atoms with E-state index in [0.717, 1.165) is 23.9 Å². The zero-order valence-corrected chi connectivity index (χ0v) is 16.2. The summed E-state index contributed by atoms with van der Waals surface area (Å²) in [4.78, 5) is 21.4. The van der Waals surface area contributed by atoms with E-state index in [-0.39, 0.29) is 18.0 Å². The number of benzene rings is 1. The maximum absolute atomic E-state index is 13.7. The molecule has 1 aromatic carbocycles. The summed E-state index contributed by atoms with van der Waals surface area (Å²) in [6, 6.07) is 3.11. The van der Waals surface area contributed by atoms with Gasteiger partial charge in [0.25, 0.3) is 5.91 Å². The highest BCUT2D eigenvalue weighted by Gasteiger charge is 2.29. The largest absolute Gasteiger partial charge is 0.345 e. The van der Waals surface area contributed by atoms with Crippen LogP contribution < -0.4 is 0 Å². The molecule has 158 valence electrons. The van der Waals surface area contributed by atoms with E-state index in [1.807, 2.05) is 0 Å². The van der Waals surface area contributed by atoms with E-state index in [1.165, 1.54) is 16.9 Å². The van der Waals surface area contributed by atoms with Gasteiger partial charge in [0.15, 0.2) is 17.5 Å². The Morgan fingerprint density at radius 2 is 1.87 bits per heavy atom. The normalized spacial score (nSPS) is 13.6. The average Bonchev–Trinajstić information content (AvgIpc) is 3.30. The highest BCUT2D eigenvalue weighted by Crippen LogP contribution is 2.32. The Balaban J connectivity index is 1.49. The van der Waals surface area contributed by atoms with Crippen LogP contribution in [0.4, 0.5) is 17.6 Å². The Hall–Kier alpha value is -3.69. The van der Waals surface area contributed by atoms with Gasteiger partial charge in [0.2, 0.25) is 0 Å². The molecule has 4 heterocycles. The molecule has 1 N–H and O–H groups in total. The first kappa shape index (κ1) is 19.3. The van der Waals surface area contributed by atoms with Gasteiger partial charge in [-0.1, -0.05) is 0 Å². The van der Waals surface area contributed by atoms with Crippen molar-refractivity contribution in [3.63, 3.8) is 0 Å². The number of aryl methyl sites for hydroxylation is 1. The van der Waals surface area contributed by atoms with Crippen molar-refractivity contribution in [1.29, 1.82) is 0 Å². The second kappa shape index (κ2) is 6.93. The number of nitrogens with one attached hydrogen (secondary N) is 1. The molecule has 0 aliphatic carbocycles. The van der Waals surface area contributed by atoms with E-state index >= 15 is 0 Å². The Morgan fingerprint density at radius 3 is 2.61 bits per heavy atom. The molecular weight excluding hydrogens is 414 g/mol. The predicted molar refractivity (Wildman–Crippen MR) is 103 cm³/mol. The van der Waals surface area contributed by atoms with E-state index in [2.05, 4.69) is 15.1 Å². The van der Waals surface area contributed by atoms with Gasteiger partial charge in [-0.15, -0.1) is 0 Å². The molecule has 10 heteroatoms. The van der Waals surface area contributed by atoms with Crippen molar-refractivity contribution >= 4 is 16.9 Å². The molecule has 0 spiro atoms. The van der Waals surface area contributed by atoms with Gasteiger partial charge in [-0.25, -0.2) is 22.5 Å². The summed E-state index contributed by atoms with van der Waals surface area (Å²) < 4.78 is 55.9. The lowest BCUT2D eigenvalue weighted by molar-refractivity contribution is 0.0734. The molecule has 1 aliphatic heterocycles. The van der Waals surface area contributed by atoms with Crippen LogP contribution in [0.1, 0.15) is 21.6 Å². The van der Waals surface area contributed by atoms with Crippen LogP contribution in [0.3, 0.4) is 0 Å². The second-order valence-electron chi connectivity index (χ2n) is 7.38. The molecule has 0 saturated heterocycles. The minimum atomic E-state index is -1.53. The summed E-state index contributed by atoms with van der Waals surface area (Å²) in [5.41, 5.74) is 2.66. The van der Waals surface area contributed by atoms with Gasteiger partial charge in [-0.05, 0) is 24.6 Å². The molecule has 31 heavy (non-hydrogen) atoms. The summed E-state index contributed by atoms with van der Waals surface area (Å²) in [6.45, 7) is 0.496. The number of carbonyl (C=O) groups is 1. The van der Waals surface area contributed by atoms with Crippen LogP contribution in [0.5, 0.6) is 0 Å². The lowest BCUT2D eigenvalue weighted by Gasteiger charge is -2.26. The molecule has 6 nitrogen and oxygen atoms in total. The van der Waals surface area contributed by atoms with Gasteiger partial charge in [0.05, 0.1) is 29.7 Å². The third-order valence-corrected chi connectivity index (χ3v) is 5.47. The number of pyridine rings is 1. The summed E-state index contributed by atoms with van der Waals surface area (Å²) in [6.07, 6.45) is 2.94. The Labute approximate surface area is 173 Å². The lowest BCUT2D eigenvalue weighted by Crippen LogP contribution is -2.35. The van der Waals surface area contributed by atoms with Gasteiger partial charge >= 0.3 is 0 Å². The zero-order valence-electron chi connectivity index (χ0n) is 16.2. The van der Waals surface area contributed by atoms with Crippen LogP contribution in [-0.4, -0.2) is 37.1 Å². The first-order chi connectivity index (χ1) is 14.8. The molecule has 1 aliphatic rings. The maximum atomic E-state index is 13.7. The predicted octanol–water partition coefficient (Wildman–Crippen LogP) is 3.72. The third kappa shape index (κ3) is 3.06. The van der Waals surface area contributed by atoms with E-state index in [0.29, 0.717) is 41.0 Å². The Bertz CT molecular complexity index is 1340. The molecule has 0 atom stereocenters.